The number of nitrogens with zero attached hydrogens (tertiary/aromatic N) is 4. The number of anilines is 1. The van der Waals surface area contributed by atoms with Crippen LogP contribution in [0.4, 0.5) is 5.69 Å². The molecule has 0 aliphatic carbocycles. The van der Waals surface area contributed by atoms with Crippen molar-refractivity contribution in [1.82, 2.24) is 20.2 Å². The van der Waals surface area contributed by atoms with Gasteiger partial charge in [-0.05, 0) is 39.8 Å². The summed E-state index contributed by atoms with van der Waals surface area (Å²) in [5, 5.41) is 11.5. The molecule has 1 amide bonds. The van der Waals surface area contributed by atoms with Crippen molar-refractivity contribution in [1.29, 1.82) is 0 Å². The van der Waals surface area contributed by atoms with Crippen molar-refractivity contribution in [2.24, 2.45) is 0 Å². The van der Waals surface area contributed by atoms with Crippen molar-refractivity contribution in [3.05, 3.63) is 24.3 Å². The summed E-state index contributed by atoms with van der Waals surface area (Å²) in [5.74, 6) is 6.67. The first-order valence-corrected chi connectivity index (χ1v) is 8.93. The first-order chi connectivity index (χ1) is 11.6. The molecule has 0 saturated heterocycles. The highest BCUT2D eigenvalue weighted by molar-refractivity contribution is 8.00. The van der Waals surface area contributed by atoms with Gasteiger partial charge in [-0.2, -0.15) is 0 Å². The van der Waals surface area contributed by atoms with Gasteiger partial charge < -0.3 is 16.1 Å². The maximum absolute atomic E-state index is 12.2. The zero-order valence-electron chi connectivity index (χ0n) is 15.6. The maximum Gasteiger partial charge on any atom is 0.233 e. The van der Waals surface area contributed by atoms with E-state index < -0.39 is 0 Å². The predicted molar refractivity (Wildman–Crippen MR) is 103 cm³/mol. The summed E-state index contributed by atoms with van der Waals surface area (Å²) in [6.45, 7) is 7.67. The zero-order chi connectivity index (χ0) is 18.8. The fraction of sp³-hybridized carbons (Fsp3) is 0.471. The third-order valence-electron chi connectivity index (χ3n) is 3.43. The van der Waals surface area contributed by atoms with Gasteiger partial charge in [-0.15, -0.1) is 10.2 Å². The maximum atomic E-state index is 12.2. The Kier molecular flexibility index (Phi) is 5.62. The summed E-state index contributed by atoms with van der Waals surface area (Å²) in [5.41, 5.74) is 1.65. The highest BCUT2D eigenvalue weighted by Crippen LogP contribution is 2.27. The minimum absolute atomic E-state index is 0.0587. The van der Waals surface area contributed by atoms with Gasteiger partial charge in [0.2, 0.25) is 11.1 Å². The van der Waals surface area contributed by atoms with Crippen molar-refractivity contribution < 1.29 is 4.79 Å². The lowest BCUT2D eigenvalue weighted by atomic mass is 10.1. The molecular formula is C17H26N6OS. The van der Waals surface area contributed by atoms with Crippen LogP contribution in [-0.4, -0.2) is 45.7 Å². The van der Waals surface area contributed by atoms with Gasteiger partial charge in [0, 0.05) is 30.9 Å². The molecule has 2 aromatic rings. The first kappa shape index (κ1) is 19.1. The lowest BCUT2D eigenvalue weighted by Crippen LogP contribution is -2.44. The number of nitrogens with one attached hydrogen (secondary N) is 1. The van der Waals surface area contributed by atoms with Crippen molar-refractivity contribution in [2.75, 3.05) is 24.8 Å². The number of nitrogens with two attached hydrogens (primary N) is 1. The van der Waals surface area contributed by atoms with E-state index in [4.69, 9.17) is 5.84 Å². The van der Waals surface area contributed by atoms with Crippen molar-refractivity contribution >= 4 is 23.4 Å². The average Bonchev–Trinajstić information content (AvgIpc) is 2.86. The van der Waals surface area contributed by atoms with E-state index >= 15 is 0 Å². The Morgan fingerprint density at radius 2 is 2.00 bits per heavy atom. The topological polar surface area (TPSA) is 89.1 Å². The molecule has 8 heteroatoms. The molecule has 0 aliphatic rings. The normalized spacial score (nSPS) is 12.7. The van der Waals surface area contributed by atoms with Crippen LogP contribution in [0.2, 0.25) is 0 Å². The molecule has 25 heavy (non-hydrogen) atoms. The number of rotatable bonds is 5. The van der Waals surface area contributed by atoms with Gasteiger partial charge in [0.25, 0.3) is 0 Å². The lowest BCUT2D eigenvalue weighted by molar-refractivity contribution is -0.121. The largest absolute Gasteiger partial charge is 0.378 e. The standard InChI is InChI=1S/C17H26N6OS/c1-11(15(24)19-17(2,3)4)25-16-21-20-14(23(16)18)12-8-7-9-13(10-12)22(5)6/h7-11H,18H2,1-6H3,(H,19,24). The summed E-state index contributed by atoms with van der Waals surface area (Å²) in [4.78, 5) is 14.2. The highest BCUT2D eigenvalue weighted by Gasteiger charge is 2.23. The number of carbonyl (C=O) groups is 1. The third-order valence-corrected chi connectivity index (χ3v) is 4.49. The number of benzene rings is 1. The Balaban J connectivity index is 2.18. The number of hydrogen-bond donors (Lipinski definition) is 2. The SMILES string of the molecule is CC(Sc1nnc(-c2cccc(N(C)C)c2)n1N)C(=O)NC(C)(C)C. The van der Waals surface area contributed by atoms with Crippen LogP contribution < -0.4 is 16.1 Å². The van der Waals surface area contributed by atoms with Crippen molar-refractivity contribution in [2.45, 2.75) is 43.6 Å². The van der Waals surface area contributed by atoms with Crippen LogP contribution in [0.1, 0.15) is 27.7 Å². The summed E-state index contributed by atoms with van der Waals surface area (Å²) in [6, 6.07) is 7.89. The van der Waals surface area contributed by atoms with Crippen LogP contribution in [0.25, 0.3) is 11.4 Å². The number of nitrogen functional groups attached to an aromatic ring is 1. The third kappa shape index (κ3) is 4.88. The predicted octanol–water partition coefficient (Wildman–Crippen LogP) is 2.12. The number of amides is 1. The Hall–Kier alpha value is -2.22. The van der Waals surface area contributed by atoms with E-state index in [1.54, 1.807) is 0 Å². The van der Waals surface area contributed by atoms with Crippen molar-refractivity contribution in [3.63, 3.8) is 0 Å². The molecule has 1 atom stereocenters. The highest BCUT2D eigenvalue weighted by atomic mass is 32.2. The molecule has 0 fully saturated rings. The minimum Gasteiger partial charge on any atom is -0.378 e. The molecule has 7 nitrogen and oxygen atoms in total. The van der Waals surface area contributed by atoms with Gasteiger partial charge >= 0.3 is 0 Å². The van der Waals surface area contributed by atoms with E-state index in [9.17, 15) is 4.79 Å². The van der Waals surface area contributed by atoms with Gasteiger partial charge in [-0.1, -0.05) is 23.9 Å². The smallest absolute Gasteiger partial charge is 0.233 e. The molecule has 1 aromatic carbocycles. The number of carbonyl (C=O) groups excluding carboxylic acids is 1. The van der Waals surface area contributed by atoms with E-state index in [0.717, 1.165) is 11.3 Å². The van der Waals surface area contributed by atoms with E-state index in [1.165, 1.54) is 16.4 Å². The molecule has 0 spiro atoms. The zero-order valence-corrected chi connectivity index (χ0v) is 16.4. The van der Waals surface area contributed by atoms with Gasteiger partial charge in [0.1, 0.15) is 0 Å². The van der Waals surface area contributed by atoms with Gasteiger partial charge in [0.05, 0.1) is 5.25 Å². The van der Waals surface area contributed by atoms with E-state index in [2.05, 4.69) is 15.5 Å². The molecule has 1 heterocycles. The molecule has 136 valence electrons. The molecule has 1 aromatic heterocycles. The van der Waals surface area contributed by atoms with Crippen LogP contribution in [0, 0.1) is 0 Å². The number of aromatic nitrogens is 3. The fourth-order valence-corrected chi connectivity index (χ4v) is 2.93. The van der Waals surface area contributed by atoms with E-state index in [-0.39, 0.29) is 16.7 Å². The Morgan fingerprint density at radius 1 is 1.32 bits per heavy atom. The van der Waals surface area contributed by atoms with Gasteiger partial charge in [-0.25, -0.2) is 4.68 Å². The van der Waals surface area contributed by atoms with Gasteiger partial charge in [-0.3, -0.25) is 4.79 Å². The average molecular weight is 363 g/mol. The summed E-state index contributed by atoms with van der Waals surface area (Å²) in [7, 11) is 3.95. The number of thioether (sulfide) groups is 1. The molecule has 0 radical (unpaired) electrons. The summed E-state index contributed by atoms with van der Waals surface area (Å²) < 4.78 is 1.43. The first-order valence-electron chi connectivity index (χ1n) is 8.05. The minimum atomic E-state index is -0.327. The van der Waals surface area contributed by atoms with Crippen molar-refractivity contribution in [3.8, 4) is 11.4 Å². The van der Waals surface area contributed by atoms with Crippen LogP contribution in [-0.2, 0) is 4.79 Å². The summed E-state index contributed by atoms with van der Waals surface area (Å²) >= 11 is 1.29. The molecular weight excluding hydrogens is 336 g/mol. The Bertz CT molecular complexity index is 750. The second-order valence-corrected chi connectivity index (χ2v) is 8.43. The lowest BCUT2D eigenvalue weighted by Gasteiger charge is -2.22. The van der Waals surface area contributed by atoms with Crippen LogP contribution >= 0.6 is 11.8 Å². The fourth-order valence-electron chi connectivity index (χ4n) is 2.16. The molecule has 0 bridgehead atoms. The molecule has 2 rings (SSSR count). The second kappa shape index (κ2) is 7.35. The van der Waals surface area contributed by atoms with Crippen LogP contribution in [0.5, 0.6) is 0 Å². The Labute approximate surface area is 153 Å². The molecule has 0 saturated carbocycles. The molecule has 3 N–H and O–H groups in total. The molecule has 0 aliphatic heterocycles. The summed E-state index contributed by atoms with van der Waals surface area (Å²) in [6.07, 6.45) is 0. The van der Waals surface area contributed by atoms with Crippen LogP contribution in [0.3, 0.4) is 0 Å². The van der Waals surface area contributed by atoms with E-state index in [0.29, 0.717) is 11.0 Å². The van der Waals surface area contributed by atoms with Crippen LogP contribution in [0.15, 0.2) is 29.4 Å². The van der Waals surface area contributed by atoms with E-state index in [1.807, 2.05) is 71.0 Å². The monoisotopic (exact) mass is 362 g/mol. The number of hydrogen-bond acceptors (Lipinski definition) is 6. The quantitative estimate of drug-likeness (QED) is 0.626. The van der Waals surface area contributed by atoms with Gasteiger partial charge in [0.15, 0.2) is 5.82 Å². The Morgan fingerprint density at radius 3 is 2.60 bits per heavy atom. The molecule has 1 unspecified atom stereocenters. The second-order valence-electron chi connectivity index (χ2n) is 7.12.